The fourth-order valence-corrected chi connectivity index (χ4v) is 4.44. The molecular formula is C16H22N2O6S. The second-order valence-corrected chi connectivity index (χ2v) is 7.76. The largest absolute Gasteiger partial charge is 0.480 e. The van der Waals surface area contributed by atoms with Crippen LogP contribution in [-0.4, -0.2) is 71.5 Å². The van der Waals surface area contributed by atoms with Gasteiger partial charge in [0.05, 0.1) is 11.0 Å². The molecule has 1 amide bonds. The lowest BCUT2D eigenvalue weighted by Gasteiger charge is -2.22. The van der Waals surface area contributed by atoms with E-state index in [0.29, 0.717) is 13.1 Å². The molecule has 138 valence electrons. The van der Waals surface area contributed by atoms with Crippen LogP contribution in [0.1, 0.15) is 30.6 Å². The molecule has 25 heavy (non-hydrogen) atoms. The average Bonchev–Trinajstić information content (AvgIpc) is 2.97. The number of carboxylic acid groups (broad SMARTS) is 1. The molecule has 1 aromatic rings. The van der Waals surface area contributed by atoms with Gasteiger partial charge in [-0.05, 0) is 18.2 Å². The van der Waals surface area contributed by atoms with Gasteiger partial charge in [0.2, 0.25) is 10.0 Å². The molecule has 0 unspecified atom stereocenters. The summed E-state index contributed by atoms with van der Waals surface area (Å²) in [7, 11) is -3.72. The summed E-state index contributed by atoms with van der Waals surface area (Å²) in [6.45, 7) is 3.95. The fraction of sp³-hybridized carbons (Fsp3) is 0.500. The van der Waals surface area contributed by atoms with E-state index in [1.165, 1.54) is 28.6 Å². The number of hydrogen-bond donors (Lipinski definition) is 2. The topological polar surface area (TPSA) is 115 Å². The molecule has 2 N–H and O–H groups in total. The van der Waals surface area contributed by atoms with E-state index in [9.17, 15) is 28.2 Å². The molecule has 1 aromatic carbocycles. The molecular weight excluding hydrogens is 348 g/mol. The Bertz CT molecular complexity index is 760. The highest BCUT2D eigenvalue weighted by Crippen LogP contribution is 2.23. The Balaban J connectivity index is 2.35. The Morgan fingerprint density at radius 1 is 1.28 bits per heavy atom. The van der Waals surface area contributed by atoms with Crippen molar-refractivity contribution in [3.63, 3.8) is 0 Å². The number of aliphatic carboxylic acids is 1. The third kappa shape index (κ3) is 3.83. The summed E-state index contributed by atoms with van der Waals surface area (Å²) in [4.78, 5) is 25.0. The number of aliphatic hydroxyl groups is 1. The lowest BCUT2D eigenvalue weighted by atomic mass is 10.1. The zero-order chi connectivity index (χ0) is 18.8. The Kier molecular flexibility index (Phi) is 5.81. The molecule has 9 heteroatoms. The molecule has 0 bridgehead atoms. The van der Waals surface area contributed by atoms with E-state index in [1.807, 2.05) is 0 Å². The van der Waals surface area contributed by atoms with Crippen LogP contribution in [0.3, 0.4) is 0 Å². The number of likely N-dealkylation sites (tertiary alicyclic amines) is 1. The first-order chi connectivity index (χ1) is 11.7. The molecule has 1 fully saturated rings. The predicted molar refractivity (Wildman–Crippen MR) is 89.6 cm³/mol. The monoisotopic (exact) mass is 370 g/mol. The Morgan fingerprint density at radius 3 is 2.48 bits per heavy atom. The number of carbonyl (C=O) groups is 2. The number of benzene rings is 1. The summed E-state index contributed by atoms with van der Waals surface area (Å²) in [6, 6.07) is 4.42. The van der Waals surface area contributed by atoms with Crippen molar-refractivity contribution in [1.82, 2.24) is 9.21 Å². The number of amides is 1. The van der Waals surface area contributed by atoms with Crippen LogP contribution in [-0.2, 0) is 14.8 Å². The van der Waals surface area contributed by atoms with Crippen LogP contribution in [0.4, 0.5) is 0 Å². The maximum absolute atomic E-state index is 12.6. The van der Waals surface area contributed by atoms with E-state index in [2.05, 4.69) is 0 Å². The number of carbonyl (C=O) groups excluding carboxylic acids is 1. The van der Waals surface area contributed by atoms with Gasteiger partial charge < -0.3 is 15.1 Å². The Hall–Kier alpha value is -1.97. The summed E-state index contributed by atoms with van der Waals surface area (Å²) in [6.07, 6.45) is -0.953. The number of rotatable bonds is 6. The fourth-order valence-electron chi connectivity index (χ4n) is 2.94. The molecule has 0 aromatic heterocycles. The van der Waals surface area contributed by atoms with Gasteiger partial charge in [0.15, 0.2) is 0 Å². The van der Waals surface area contributed by atoms with E-state index < -0.39 is 34.0 Å². The molecule has 0 aliphatic carbocycles. The second kappa shape index (κ2) is 7.51. The third-order valence-corrected chi connectivity index (χ3v) is 6.29. The minimum atomic E-state index is -3.72. The number of aliphatic hydroxyl groups excluding tert-OH is 1. The lowest BCUT2D eigenvalue weighted by molar-refractivity contribution is -0.141. The Morgan fingerprint density at radius 2 is 1.92 bits per heavy atom. The van der Waals surface area contributed by atoms with Gasteiger partial charge in [-0.3, -0.25) is 4.79 Å². The van der Waals surface area contributed by atoms with Crippen LogP contribution < -0.4 is 0 Å². The van der Waals surface area contributed by atoms with E-state index in [1.54, 1.807) is 13.8 Å². The van der Waals surface area contributed by atoms with E-state index in [-0.39, 0.29) is 23.4 Å². The zero-order valence-electron chi connectivity index (χ0n) is 14.1. The van der Waals surface area contributed by atoms with Crippen molar-refractivity contribution in [1.29, 1.82) is 0 Å². The van der Waals surface area contributed by atoms with Crippen LogP contribution in [0.15, 0.2) is 29.2 Å². The van der Waals surface area contributed by atoms with Gasteiger partial charge in [-0.15, -0.1) is 0 Å². The highest BCUT2D eigenvalue weighted by Gasteiger charge is 2.39. The van der Waals surface area contributed by atoms with Crippen LogP contribution in [0, 0.1) is 0 Å². The summed E-state index contributed by atoms with van der Waals surface area (Å²) < 4.78 is 26.4. The lowest BCUT2D eigenvalue weighted by Crippen LogP contribution is -2.40. The van der Waals surface area contributed by atoms with Crippen LogP contribution in [0.25, 0.3) is 0 Å². The van der Waals surface area contributed by atoms with Crippen molar-refractivity contribution in [2.45, 2.75) is 37.3 Å². The van der Waals surface area contributed by atoms with Crippen molar-refractivity contribution in [3.8, 4) is 0 Å². The van der Waals surface area contributed by atoms with E-state index >= 15 is 0 Å². The standard InChI is InChI=1S/C16H22N2O6S/c1-3-17(4-2)25(23,24)13-7-5-6-11(8-13)15(20)18-10-12(19)9-14(18)16(21)22/h5-8,12,14,19H,3-4,9-10H2,1-2H3,(H,21,22)/t12-,14+/m1/s1. The minimum absolute atomic E-state index is 0.0197. The predicted octanol–water partition coefficient (Wildman–Crippen LogP) is 0.377. The number of carboxylic acids is 1. The summed E-state index contributed by atoms with van der Waals surface area (Å²) >= 11 is 0. The van der Waals surface area contributed by atoms with Gasteiger partial charge in [0, 0.05) is 31.6 Å². The first-order valence-electron chi connectivity index (χ1n) is 8.04. The van der Waals surface area contributed by atoms with Gasteiger partial charge in [0.25, 0.3) is 5.91 Å². The summed E-state index contributed by atoms with van der Waals surface area (Å²) in [5.41, 5.74) is 0.0774. The summed E-state index contributed by atoms with van der Waals surface area (Å²) in [5.74, 6) is -1.81. The molecule has 1 heterocycles. The van der Waals surface area contributed by atoms with Crippen molar-refractivity contribution >= 4 is 21.9 Å². The molecule has 0 saturated carbocycles. The number of β-amino-alcohol motifs (C(OH)–C–C–N with tert-alkyl or cyclic N) is 1. The van der Waals surface area contributed by atoms with Crippen LogP contribution in [0.5, 0.6) is 0 Å². The van der Waals surface area contributed by atoms with Crippen LogP contribution >= 0.6 is 0 Å². The maximum atomic E-state index is 12.6. The molecule has 1 aliphatic rings. The number of nitrogens with zero attached hydrogens (tertiary/aromatic N) is 2. The van der Waals surface area contributed by atoms with Gasteiger partial charge in [-0.1, -0.05) is 19.9 Å². The quantitative estimate of drug-likeness (QED) is 0.748. The van der Waals surface area contributed by atoms with Gasteiger partial charge >= 0.3 is 5.97 Å². The molecule has 2 rings (SSSR count). The molecule has 8 nitrogen and oxygen atoms in total. The highest BCUT2D eigenvalue weighted by molar-refractivity contribution is 7.89. The number of sulfonamides is 1. The van der Waals surface area contributed by atoms with Crippen molar-refractivity contribution in [2.24, 2.45) is 0 Å². The zero-order valence-corrected chi connectivity index (χ0v) is 14.9. The van der Waals surface area contributed by atoms with Gasteiger partial charge in [-0.2, -0.15) is 4.31 Å². The Labute approximate surface area is 146 Å². The minimum Gasteiger partial charge on any atom is -0.480 e. The van der Waals surface area contributed by atoms with E-state index in [0.717, 1.165) is 4.90 Å². The summed E-state index contributed by atoms with van der Waals surface area (Å²) in [5, 5.41) is 18.9. The SMILES string of the molecule is CCN(CC)S(=O)(=O)c1cccc(C(=O)N2C[C@H](O)C[C@H]2C(=O)O)c1. The van der Waals surface area contributed by atoms with Gasteiger partial charge in [-0.25, -0.2) is 13.2 Å². The molecule has 0 spiro atoms. The molecule has 1 saturated heterocycles. The second-order valence-electron chi connectivity index (χ2n) is 5.82. The van der Waals surface area contributed by atoms with Crippen molar-refractivity contribution in [3.05, 3.63) is 29.8 Å². The van der Waals surface area contributed by atoms with E-state index in [4.69, 9.17) is 0 Å². The first-order valence-corrected chi connectivity index (χ1v) is 9.48. The maximum Gasteiger partial charge on any atom is 0.326 e. The molecule has 2 atom stereocenters. The average molecular weight is 370 g/mol. The van der Waals surface area contributed by atoms with Crippen LogP contribution in [0.2, 0.25) is 0 Å². The van der Waals surface area contributed by atoms with Gasteiger partial charge in [0.1, 0.15) is 6.04 Å². The number of hydrogen-bond acceptors (Lipinski definition) is 5. The smallest absolute Gasteiger partial charge is 0.326 e. The first kappa shape index (κ1) is 19.4. The molecule has 0 radical (unpaired) electrons. The third-order valence-electron chi connectivity index (χ3n) is 4.25. The highest BCUT2D eigenvalue weighted by atomic mass is 32.2. The van der Waals surface area contributed by atoms with Crippen molar-refractivity contribution < 1.29 is 28.2 Å². The molecule has 1 aliphatic heterocycles. The van der Waals surface area contributed by atoms with Crippen molar-refractivity contribution in [2.75, 3.05) is 19.6 Å². The normalized spacial score (nSPS) is 20.9.